The molecular formula is C23H32FN7O2. The summed E-state index contributed by atoms with van der Waals surface area (Å²) in [6.07, 6.45) is 6.36. The van der Waals surface area contributed by atoms with E-state index in [9.17, 15) is 14.3 Å². The lowest BCUT2D eigenvalue weighted by molar-refractivity contribution is -0.114. The van der Waals surface area contributed by atoms with Crippen LogP contribution in [0, 0.1) is 0 Å². The third-order valence-electron chi connectivity index (χ3n) is 6.15. The van der Waals surface area contributed by atoms with Crippen LogP contribution in [0.4, 0.5) is 4.39 Å². The summed E-state index contributed by atoms with van der Waals surface area (Å²) in [6, 6.07) is 7.54. The van der Waals surface area contributed by atoms with Gasteiger partial charge in [-0.25, -0.2) is 4.99 Å². The maximum absolute atomic E-state index is 13.3. The fourth-order valence-electron chi connectivity index (χ4n) is 4.03. The number of dihydropyridines is 1. The van der Waals surface area contributed by atoms with E-state index in [0.717, 1.165) is 31.2 Å². The number of amides is 1. The molecule has 1 fully saturated rings. The predicted octanol–water partition coefficient (Wildman–Crippen LogP) is 1.09. The van der Waals surface area contributed by atoms with Gasteiger partial charge in [-0.15, -0.1) is 0 Å². The van der Waals surface area contributed by atoms with Gasteiger partial charge in [0.1, 0.15) is 11.6 Å². The molecule has 0 aromatic heterocycles. The van der Waals surface area contributed by atoms with Crippen molar-refractivity contribution in [3.8, 4) is 5.75 Å². The second-order valence-electron chi connectivity index (χ2n) is 8.42. The van der Waals surface area contributed by atoms with Gasteiger partial charge in [-0.05, 0) is 31.7 Å². The number of para-hydroxylation sites is 1. The minimum absolute atomic E-state index is 0.0199. The number of amidine groups is 1. The molecular weight excluding hydrogens is 425 g/mol. The molecule has 1 saturated carbocycles. The van der Waals surface area contributed by atoms with E-state index < -0.39 is 17.4 Å². The molecule has 3 rings (SSSR count). The van der Waals surface area contributed by atoms with Crippen LogP contribution in [-0.2, 0) is 11.3 Å². The van der Waals surface area contributed by atoms with E-state index in [1.54, 1.807) is 12.1 Å². The Kier molecular flexibility index (Phi) is 8.18. The number of halogens is 1. The number of phenols is 1. The fourth-order valence-corrected chi connectivity index (χ4v) is 4.03. The summed E-state index contributed by atoms with van der Waals surface area (Å²) in [5.41, 5.74) is 18.5. The summed E-state index contributed by atoms with van der Waals surface area (Å²) in [4.78, 5) is 19.8. The topological polar surface area (TPSA) is 164 Å². The molecule has 33 heavy (non-hydrogen) atoms. The monoisotopic (exact) mass is 457 g/mol. The smallest absolute Gasteiger partial charge is 0.253 e. The van der Waals surface area contributed by atoms with Crippen molar-refractivity contribution in [1.29, 1.82) is 0 Å². The van der Waals surface area contributed by atoms with Gasteiger partial charge in [-0.3, -0.25) is 9.79 Å². The van der Waals surface area contributed by atoms with E-state index in [-0.39, 0.29) is 29.7 Å². The third-order valence-corrected chi connectivity index (χ3v) is 6.15. The fraction of sp³-hybridized carbons (Fsp3) is 0.435. The van der Waals surface area contributed by atoms with E-state index in [1.165, 1.54) is 12.3 Å². The van der Waals surface area contributed by atoms with E-state index in [2.05, 4.69) is 20.6 Å². The predicted molar refractivity (Wildman–Crippen MR) is 127 cm³/mol. The number of allylic oxidation sites excluding steroid dienone is 1. The van der Waals surface area contributed by atoms with Crippen LogP contribution in [0.25, 0.3) is 0 Å². The molecule has 1 aromatic carbocycles. The Balaban J connectivity index is 1.62. The number of carbonyl (C=O) groups excluding carboxylic acids is 1. The van der Waals surface area contributed by atoms with Gasteiger partial charge in [0.25, 0.3) is 5.91 Å². The molecule has 1 aliphatic carbocycles. The van der Waals surface area contributed by atoms with Crippen molar-refractivity contribution in [3.63, 3.8) is 0 Å². The molecule has 9 nitrogen and oxygen atoms in total. The van der Waals surface area contributed by atoms with Gasteiger partial charge < -0.3 is 32.9 Å². The van der Waals surface area contributed by atoms with Gasteiger partial charge >= 0.3 is 0 Å². The lowest BCUT2D eigenvalue weighted by Crippen LogP contribution is -2.53. The number of primary amides is 1. The number of benzene rings is 1. The number of phenolic OH excluding ortho intramolecular Hbond substituents is 1. The zero-order valence-electron chi connectivity index (χ0n) is 18.6. The first-order valence-corrected chi connectivity index (χ1v) is 11.0. The summed E-state index contributed by atoms with van der Waals surface area (Å²) in [6.45, 7) is 1.23. The number of carbonyl (C=O) groups is 1. The van der Waals surface area contributed by atoms with Crippen LogP contribution in [-0.4, -0.2) is 47.5 Å². The Labute approximate surface area is 192 Å². The quantitative estimate of drug-likeness (QED) is 0.185. The number of aliphatic imine (C=N–C) groups is 2. The molecule has 10 heteroatoms. The van der Waals surface area contributed by atoms with Gasteiger partial charge in [0, 0.05) is 61.2 Å². The Hall–Kier alpha value is -3.24. The maximum Gasteiger partial charge on any atom is 0.253 e. The largest absolute Gasteiger partial charge is 0.508 e. The lowest BCUT2D eigenvalue weighted by atomic mass is 9.79. The molecule has 178 valence electrons. The van der Waals surface area contributed by atoms with Crippen LogP contribution < -0.4 is 27.8 Å². The summed E-state index contributed by atoms with van der Waals surface area (Å²) in [7, 11) is 0. The average molecular weight is 458 g/mol. The minimum atomic E-state index is -0.737. The van der Waals surface area contributed by atoms with Gasteiger partial charge in [-0.1, -0.05) is 18.2 Å². The number of aromatic hydroxyl groups is 1. The van der Waals surface area contributed by atoms with E-state index >= 15 is 0 Å². The second-order valence-corrected chi connectivity index (χ2v) is 8.42. The van der Waals surface area contributed by atoms with E-state index in [4.69, 9.17) is 17.2 Å². The van der Waals surface area contributed by atoms with Gasteiger partial charge in [0.2, 0.25) is 5.97 Å². The number of hydrogen-bond acceptors (Lipinski definition) is 7. The third kappa shape index (κ3) is 6.62. The average Bonchev–Trinajstić information content (AvgIpc) is 2.79. The number of hydrogen-bond donors (Lipinski definition) is 6. The molecule has 0 spiro atoms. The molecule has 0 radical (unpaired) electrons. The van der Waals surface area contributed by atoms with E-state index in [1.807, 2.05) is 12.1 Å². The summed E-state index contributed by atoms with van der Waals surface area (Å²) in [5.74, 6) is -1.16. The first kappa shape index (κ1) is 24.4. The van der Waals surface area contributed by atoms with Crippen LogP contribution in [0.1, 0.15) is 37.7 Å². The highest BCUT2D eigenvalue weighted by Crippen LogP contribution is 2.28. The summed E-state index contributed by atoms with van der Waals surface area (Å²) >= 11 is 0. The van der Waals surface area contributed by atoms with Crippen LogP contribution in [0.5, 0.6) is 5.75 Å². The Morgan fingerprint density at radius 3 is 2.67 bits per heavy atom. The first-order chi connectivity index (χ1) is 15.8. The molecule has 0 saturated heterocycles. The second kappa shape index (κ2) is 11.1. The molecule has 1 aliphatic heterocycles. The first-order valence-electron chi connectivity index (χ1n) is 11.0. The lowest BCUT2D eigenvalue weighted by Gasteiger charge is -2.40. The van der Waals surface area contributed by atoms with Crippen molar-refractivity contribution in [3.05, 3.63) is 53.4 Å². The van der Waals surface area contributed by atoms with Crippen LogP contribution in [0.2, 0.25) is 0 Å². The molecule has 2 aliphatic rings. The standard InChI is InChI=1S/C23H32FN7O2/c24-20-11-17(7-10-28-20)31-21(26)18(22(27)33)13-30-23(14-25)8-5-16(6-9-23)29-12-15-3-1-2-4-19(15)32/h1-4,11,13,16,29-30,32H,5-10,12,14,25H2,(H2,26,31)(H2,27,33)/b18-13+. The van der Waals surface area contributed by atoms with Crippen LogP contribution >= 0.6 is 0 Å². The summed E-state index contributed by atoms with van der Waals surface area (Å²) < 4.78 is 13.3. The normalized spacial score (nSPS) is 24.1. The maximum atomic E-state index is 13.3. The van der Waals surface area contributed by atoms with Gasteiger partial charge in [-0.2, -0.15) is 4.39 Å². The van der Waals surface area contributed by atoms with Crippen LogP contribution in [0.15, 0.2) is 57.8 Å². The highest BCUT2D eigenvalue weighted by molar-refractivity contribution is 6.19. The number of nitrogens with two attached hydrogens (primary N) is 3. The minimum Gasteiger partial charge on any atom is -0.508 e. The van der Waals surface area contributed by atoms with Crippen molar-refractivity contribution < 1.29 is 14.3 Å². The van der Waals surface area contributed by atoms with Crippen molar-refractivity contribution >= 4 is 17.7 Å². The molecule has 1 aromatic rings. The Morgan fingerprint density at radius 2 is 2.03 bits per heavy atom. The molecule has 0 atom stereocenters. The van der Waals surface area contributed by atoms with Crippen molar-refractivity contribution in [1.82, 2.24) is 10.6 Å². The van der Waals surface area contributed by atoms with Gasteiger partial charge in [0.05, 0.1) is 5.57 Å². The highest BCUT2D eigenvalue weighted by atomic mass is 19.1. The van der Waals surface area contributed by atoms with Gasteiger partial charge in [0.15, 0.2) is 0 Å². The van der Waals surface area contributed by atoms with Crippen LogP contribution in [0.3, 0.4) is 0 Å². The van der Waals surface area contributed by atoms with Crippen molar-refractivity contribution in [2.75, 3.05) is 13.1 Å². The number of nitrogens with zero attached hydrogens (tertiary/aromatic N) is 2. The van der Waals surface area contributed by atoms with Crippen molar-refractivity contribution in [2.45, 2.75) is 50.2 Å². The SMILES string of the molecule is NCC1(N/C=C(/C(N)=O)C(N)=NC2=CC(F)=NCC2)CCC(NCc2ccccc2O)CC1. The Bertz CT molecular complexity index is 979. The zero-order valence-corrected chi connectivity index (χ0v) is 18.6. The zero-order chi connectivity index (χ0) is 23.8. The molecule has 0 bridgehead atoms. The molecule has 9 N–H and O–H groups in total. The summed E-state index contributed by atoms with van der Waals surface area (Å²) in [5, 5.41) is 16.7. The molecule has 1 heterocycles. The number of rotatable bonds is 9. The number of nitrogens with one attached hydrogen (secondary N) is 2. The van der Waals surface area contributed by atoms with Crippen molar-refractivity contribution in [2.24, 2.45) is 27.2 Å². The molecule has 1 amide bonds. The highest BCUT2D eigenvalue weighted by Gasteiger charge is 2.33. The Morgan fingerprint density at radius 1 is 1.30 bits per heavy atom. The molecule has 0 unspecified atom stereocenters. The van der Waals surface area contributed by atoms with E-state index in [0.29, 0.717) is 25.2 Å².